The molecule has 1 aliphatic rings. The van der Waals surface area contributed by atoms with Crippen LogP contribution in [0.1, 0.15) is 31.7 Å². The second-order valence-corrected chi connectivity index (χ2v) is 7.33. The predicted molar refractivity (Wildman–Crippen MR) is 102 cm³/mol. The number of carbonyl (C=O) groups is 1. The molecule has 1 saturated carbocycles. The number of fused-ring (bicyclic) bond motifs is 1. The molecule has 0 saturated heterocycles. The largest absolute Gasteiger partial charge is 0.497 e. The number of H-pyrrole nitrogens is 1. The van der Waals surface area contributed by atoms with Crippen LogP contribution in [0.25, 0.3) is 11.0 Å². The van der Waals surface area contributed by atoms with Gasteiger partial charge in [0.05, 0.1) is 36.1 Å². The third-order valence-electron chi connectivity index (χ3n) is 4.62. The van der Waals surface area contributed by atoms with E-state index >= 15 is 0 Å². The Balaban J connectivity index is 1.38. The number of benzene rings is 1. The van der Waals surface area contributed by atoms with Gasteiger partial charge in [-0.1, -0.05) is 24.6 Å². The maximum absolute atomic E-state index is 12.3. The van der Waals surface area contributed by atoms with Gasteiger partial charge in [-0.2, -0.15) is 5.10 Å². The number of rotatable bonds is 6. The quantitative estimate of drug-likeness (QED) is 0.647. The fourth-order valence-electron chi connectivity index (χ4n) is 3.33. The number of aromatic nitrogens is 4. The number of hydrogen-bond donors (Lipinski definition) is 2. The lowest BCUT2D eigenvalue weighted by Crippen LogP contribution is -2.19. The molecule has 2 N–H and O–H groups in total. The number of carbonyl (C=O) groups excluding carboxylic acids is 1. The van der Waals surface area contributed by atoms with Crippen LogP contribution < -0.4 is 10.1 Å². The molecule has 1 aromatic carbocycles. The number of amides is 1. The molecular formula is C18H21N5O2S. The number of thioether (sulfide) groups is 1. The molecule has 4 rings (SSSR count). The fraction of sp³-hybridized carbons (Fsp3) is 0.389. The molecule has 7 nitrogen and oxygen atoms in total. The average molecular weight is 371 g/mol. The molecule has 0 aliphatic heterocycles. The van der Waals surface area contributed by atoms with E-state index in [0.717, 1.165) is 35.4 Å². The maximum atomic E-state index is 12.3. The molecule has 0 atom stereocenters. The summed E-state index contributed by atoms with van der Waals surface area (Å²) < 4.78 is 7.16. The van der Waals surface area contributed by atoms with Crippen molar-refractivity contribution in [3.05, 3.63) is 30.5 Å². The van der Waals surface area contributed by atoms with E-state index in [4.69, 9.17) is 4.74 Å². The van der Waals surface area contributed by atoms with E-state index in [1.165, 1.54) is 24.6 Å². The fourth-order valence-corrected chi connectivity index (χ4v) is 4.01. The summed E-state index contributed by atoms with van der Waals surface area (Å²) in [7, 11) is 1.63. The van der Waals surface area contributed by atoms with E-state index in [9.17, 15) is 4.79 Å². The molecular weight excluding hydrogens is 350 g/mol. The summed E-state index contributed by atoms with van der Waals surface area (Å²) in [5.41, 5.74) is 1.75. The second kappa shape index (κ2) is 7.41. The summed E-state index contributed by atoms with van der Waals surface area (Å²) in [6, 6.07) is 7.92. The molecule has 0 unspecified atom stereocenters. The van der Waals surface area contributed by atoms with Gasteiger partial charge in [-0.25, -0.2) is 9.67 Å². The number of ether oxygens (including phenoxy) is 1. The lowest BCUT2D eigenvalue weighted by atomic mass is 10.2. The number of nitrogens with one attached hydrogen (secondary N) is 2. The van der Waals surface area contributed by atoms with Gasteiger partial charge in [0, 0.05) is 12.1 Å². The Kier molecular flexibility index (Phi) is 4.83. The van der Waals surface area contributed by atoms with Crippen molar-refractivity contribution in [2.24, 2.45) is 0 Å². The lowest BCUT2D eigenvalue weighted by Gasteiger charge is -2.14. The van der Waals surface area contributed by atoms with Crippen LogP contribution in [0.5, 0.6) is 5.75 Å². The van der Waals surface area contributed by atoms with Gasteiger partial charge in [-0.3, -0.25) is 4.79 Å². The monoisotopic (exact) mass is 371 g/mol. The van der Waals surface area contributed by atoms with E-state index < -0.39 is 0 Å². The first-order valence-electron chi connectivity index (χ1n) is 8.73. The number of anilines is 1. The molecule has 3 aromatic rings. The van der Waals surface area contributed by atoms with Gasteiger partial charge in [-0.15, -0.1) is 0 Å². The van der Waals surface area contributed by atoms with Crippen molar-refractivity contribution in [3.8, 4) is 5.75 Å². The maximum Gasteiger partial charge on any atom is 0.235 e. The van der Waals surface area contributed by atoms with E-state index in [0.29, 0.717) is 11.2 Å². The Morgan fingerprint density at radius 1 is 1.38 bits per heavy atom. The zero-order chi connectivity index (χ0) is 17.9. The molecule has 1 aliphatic carbocycles. The number of hydrogen-bond acceptors (Lipinski definition) is 5. The second-order valence-electron chi connectivity index (χ2n) is 6.36. The number of methoxy groups -OCH3 is 1. The Hall–Kier alpha value is -2.48. The van der Waals surface area contributed by atoms with Crippen molar-refractivity contribution in [1.29, 1.82) is 0 Å². The van der Waals surface area contributed by atoms with Crippen LogP contribution in [-0.2, 0) is 4.79 Å². The minimum absolute atomic E-state index is 0.0622. The summed E-state index contributed by atoms with van der Waals surface area (Å²) in [4.78, 5) is 20.0. The summed E-state index contributed by atoms with van der Waals surface area (Å²) in [6.45, 7) is 0. The molecule has 0 bridgehead atoms. The van der Waals surface area contributed by atoms with Crippen molar-refractivity contribution in [1.82, 2.24) is 19.7 Å². The van der Waals surface area contributed by atoms with E-state index in [1.54, 1.807) is 13.3 Å². The van der Waals surface area contributed by atoms with Crippen LogP contribution in [0.3, 0.4) is 0 Å². The summed E-state index contributed by atoms with van der Waals surface area (Å²) in [6.07, 6.45) is 6.45. The smallest absolute Gasteiger partial charge is 0.235 e. The first-order valence-corrected chi connectivity index (χ1v) is 9.71. The molecule has 2 aromatic heterocycles. The molecule has 0 spiro atoms. The van der Waals surface area contributed by atoms with E-state index in [1.807, 2.05) is 28.9 Å². The van der Waals surface area contributed by atoms with Gasteiger partial charge in [0.1, 0.15) is 11.6 Å². The van der Waals surface area contributed by atoms with Gasteiger partial charge in [0.25, 0.3) is 0 Å². The van der Waals surface area contributed by atoms with Crippen LogP contribution in [0.15, 0.2) is 35.6 Å². The topological polar surface area (TPSA) is 84.8 Å². The van der Waals surface area contributed by atoms with E-state index in [2.05, 4.69) is 20.4 Å². The van der Waals surface area contributed by atoms with Gasteiger partial charge in [-0.05, 0) is 25.0 Å². The first-order chi connectivity index (χ1) is 12.7. The first kappa shape index (κ1) is 17.0. The van der Waals surface area contributed by atoms with Crippen molar-refractivity contribution < 1.29 is 9.53 Å². The predicted octanol–water partition coefficient (Wildman–Crippen LogP) is 3.61. The van der Waals surface area contributed by atoms with Crippen molar-refractivity contribution in [2.75, 3.05) is 18.2 Å². The summed E-state index contributed by atoms with van der Waals surface area (Å²) in [5.74, 6) is 1.77. The lowest BCUT2D eigenvalue weighted by molar-refractivity contribution is -0.113. The molecule has 2 heterocycles. The highest BCUT2D eigenvalue weighted by atomic mass is 32.2. The molecule has 1 amide bonds. The zero-order valence-corrected chi connectivity index (χ0v) is 15.4. The Morgan fingerprint density at radius 3 is 3.04 bits per heavy atom. The molecule has 0 radical (unpaired) electrons. The van der Waals surface area contributed by atoms with Crippen LogP contribution in [0.2, 0.25) is 0 Å². The van der Waals surface area contributed by atoms with Gasteiger partial charge < -0.3 is 15.0 Å². The number of nitrogens with zero attached hydrogens (tertiary/aromatic N) is 3. The standard InChI is InChI=1S/C18H21N5O2S/c1-25-13-6-7-14-15(10-13)21-18(20-14)26-11-17(24)22-16-8-9-19-23(16)12-4-2-3-5-12/h6-10,12H,2-5,11H2,1H3,(H,20,21)(H,22,24). The van der Waals surface area contributed by atoms with Crippen molar-refractivity contribution in [3.63, 3.8) is 0 Å². The highest BCUT2D eigenvalue weighted by Gasteiger charge is 2.20. The minimum atomic E-state index is -0.0622. The molecule has 1 fully saturated rings. The third-order valence-corrected chi connectivity index (χ3v) is 5.49. The van der Waals surface area contributed by atoms with Crippen molar-refractivity contribution in [2.45, 2.75) is 36.9 Å². The van der Waals surface area contributed by atoms with Crippen LogP contribution in [-0.4, -0.2) is 38.5 Å². The molecule has 26 heavy (non-hydrogen) atoms. The Bertz CT molecular complexity index is 913. The Morgan fingerprint density at radius 2 is 2.23 bits per heavy atom. The minimum Gasteiger partial charge on any atom is -0.497 e. The average Bonchev–Trinajstić information content (AvgIpc) is 3.38. The number of aromatic amines is 1. The van der Waals surface area contributed by atoms with Crippen LogP contribution >= 0.6 is 11.8 Å². The molecule has 8 heteroatoms. The van der Waals surface area contributed by atoms with Gasteiger partial charge >= 0.3 is 0 Å². The molecule has 136 valence electrons. The van der Waals surface area contributed by atoms with E-state index in [-0.39, 0.29) is 11.7 Å². The van der Waals surface area contributed by atoms with Crippen LogP contribution in [0.4, 0.5) is 5.82 Å². The SMILES string of the molecule is COc1ccc2nc(SCC(=O)Nc3ccnn3C3CCCC3)[nH]c2c1. The summed E-state index contributed by atoms with van der Waals surface area (Å²) >= 11 is 1.38. The normalized spacial score (nSPS) is 14.8. The summed E-state index contributed by atoms with van der Waals surface area (Å²) in [5, 5.41) is 8.06. The highest BCUT2D eigenvalue weighted by molar-refractivity contribution is 7.99. The Labute approximate surface area is 155 Å². The third kappa shape index (κ3) is 3.55. The van der Waals surface area contributed by atoms with Crippen LogP contribution in [0, 0.1) is 0 Å². The number of imidazole rings is 1. The van der Waals surface area contributed by atoms with Gasteiger partial charge in [0.2, 0.25) is 5.91 Å². The van der Waals surface area contributed by atoms with Crippen molar-refractivity contribution >= 4 is 34.5 Å². The van der Waals surface area contributed by atoms with Gasteiger partial charge in [0.15, 0.2) is 5.16 Å². The zero-order valence-electron chi connectivity index (χ0n) is 14.6. The highest BCUT2D eigenvalue weighted by Crippen LogP contribution is 2.31.